The number of H-pyrrole nitrogens is 1. The van der Waals surface area contributed by atoms with Crippen LogP contribution in [0.15, 0.2) is 15.8 Å². The SMILES string of the molecule is Cc1cn([C@@H]2O[C@@]3(CC(C)(C)C)CCO[C@@H]2[C@@H]3OP(O)(=S)OC(C)(C)C)c(=O)[nH]c1=O. The lowest BCUT2D eigenvalue weighted by molar-refractivity contribution is -0.134. The van der Waals surface area contributed by atoms with E-state index in [0.29, 0.717) is 25.0 Å². The highest BCUT2D eigenvalue weighted by atomic mass is 32.5. The number of hydrogen-bond acceptors (Lipinski definition) is 7. The van der Waals surface area contributed by atoms with Gasteiger partial charge in [-0.1, -0.05) is 20.8 Å². The normalized spacial score (nSPS) is 30.9. The number of aryl methyl sites for hydroxylation is 1. The van der Waals surface area contributed by atoms with E-state index in [0.717, 1.165) is 0 Å². The summed E-state index contributed by atoms with van der Waals surface area (Å²) in [5.41, 5.74) is -2.38. The van der Waals surface area contributed by atoms with E-state index < -0.39 is 47.6 Å². The first-order valence-corrected chi connectivity index (χ1v) is 12.9. The highest BCUT2D eigenvalue weighted by molar-refractivity contribution is 8.07. The molecule has 0 saturated carbocycles. The largest absolute Gasteiger partial charge is 0.371 e. The fraction of sp³-hybridized carbons (Fsp3) is 0.800. The average Bonchev–Trinajstić information content (AvgIpc) is 2.70. The molecule has 2 aliphatic heterocycles. The molecule has 0 radical (unpaired) electrons. The van der Waals surface area contributed by atoms with E-state index in [1.54, 1.807) is 27.7 Å². The molecule has 11 heteroatoms. The lowest BCUT2D eigenvalue weighted by Gasteiger charge is -2.43. The van der Waals surface area contributed by atoms with Crippen LogP contribution in [-0.2, 0) is 30.3 Å². The van der Waals surface area contributed by atoms with E-state index in [9.17, 15) is 14.5 Å². The highest BCUT2D eigenvalue weighted by Crippen LogP contribution is 2.57. The molecule has 0 aliphatic carbocycles. The minimum atomic E-state index is -3.64. The standard InChI is InChI=1S/C20H33N2O7PS/c1-12-10-22(17(24)21-15(12)23)16-13-14(28-30(25,31)29-19(5,6)7)20(27-16,8-9-26-13)11-18(2,3)4/h10,13-14,16H,8-9,11H2,1-7H3,(H,25,31)(H,21,23,24)/t13-,14+,16-,20-,30?/m1/s1. The van der Waals surface area contributed by atoms with Gasteiger partial charge >= 0.3 is 12.4 Å². The Labute approximate surface area is 187 Å². The second-order valence-electron chi connectivity index (χ2n) is 10.6. The first kappa shape index (κ1) is 24.8. The van der Waals surface area contributed by atoms with Gasteiger partial charge in [-0.05, 0) is 51.3 Å². The predicted octanol–water partition coefficient (Wildman–Crippen LogP) is 2.75. The Morgan fingerprint density at radius 3 is 2.55 bits per heavy atom. The summed E-state index contributed by atoms with van der Waals surface area (Å²) in [6, 6.07) is 0. The Morgan fingerprint density at radius 1 is 1.32 bits per heavy atom. The third-order valence-electron chi connectivity index (χ3n) is 5.17. The third kappa shape index (κ3) is 5.55. The summed E-state index contributed by atoms with van der Waals surface area (Å²) in [5.74, 6) is 0. The molecule has 3 heterocycles. The molecule has 3 rings (SSSR count). The lowest BCUT2D eigenvalue weighted by atomic mass is 9.76. The Kier molecular flexibility index (Phi) is 6.52. The monoisotopic (exact) mass is 476 g/mol. The molecule has 1 aromatic rings. The second-order valence-corrected chi connectivity index (χ2v) is 13.3. The van der Waals surface area contributed by atoms with Gasteiger partial charge in [0.25, 0.3) is 5.56 Å². The topological polar surface area (TPSA) is 112 Å². The van der Waals surface area contributed by atoms with Gasteiger partial charge < -0.3 is 18.9 Å². The van der Waals surface area contributed by atoms with Crippen molar-refractivity contribution in [1.29, 1.82) is 0 Å². The quantitative estimate of drug-likeness (QED) is 0.624. The number of nitrogens with one attached hydrogen (secondary N) is 1. The molecule has 1 unspecified atom stereocenters. The zero-order valence-corrected chi connectivity index (χ0v) is 20.8. The Balaban J connectivity index is 2.05. The third-order valence-corrected chi connectivity index (χ3v) is 6.93. The molecule has 5 atom stereocenters. The molecule has 2 bridgehead atoms. The summed E-state index contributed by atoms with van der Waals surface area (Å²) in [6.07, 6.45) is 0.244. The number of ether oxygens (including phenoxy) is 2. The fourth-order valence-electron chi connectivity index (χ4n) is 4.35. The van der Waals surface area contributed by atoms with Gasteiger partial charge in [0, 0.05) is 18.2 Å². The Bertz CT molecular complexity index is 993. The molecular weight excluding hydrogens is 443 g/mol. The number of fused-ring (bicyclic) bond motifs is 2. The van der Waals surface area contributed by atoms with Crippen molar-refractivity contribution in [3.05, 3.63) is 32.6 Å². The maximum atomic E-state index is 12.6. The maximum absolute atomic E-state index is 12.6. The van der Waals surface area contributed by atoms with Crippen LogP contribution in [0.2, 0.25) is 0 Å². The second kappa shape index (κ2) is 8.17. The van der Waals surface area contributed by atoms with Crippen LogP contribution in [-0.4, -0.2) is 44.5 Å². The van der Waals surface area contributed by atoms with Crippen molar-refractivity contribution in [3.63, 3.8) is 0 Å². The van der Waals surface area contributed by atoms with Crippen molar-refractivity contribution in [1.82, 2.24) is 9.55 Å². The van der Waals surface area contributed by atoms with Crippen molar-refractivity contribution >= 4 is 18.5 Å². The van der Waals surface area contributed by atoms with Crippen molar-refractivity contribution in [2.24, 2.45) is 5.41 Å². The van der Waals surface area contributed by atoms with E-state index in [-0.39, 0.29) is 5.41 Å². The Hall–Kier alpha value is -0.870. The van der Waals surface area contributed by atoms with E-state index in [1.807, 2.05) is 0 Å². The van der Waals surface area contributed by atoms with Gasteiger partial charge in [-0.15, -0.1) is 0 Å². The highest BCUT2D eigenvalue weighted by Gasteiger charge is 2.62. The number of aromatic nitrogens is 2. The van der Waals surface area contributed by atoms with Gasteiger partial charge in [-0.2, -0.15) is 0 Å². The van der Waals surface area contributed by atoms with Crippen LogP contribution in [0, 0.1) is 12.3 Å². The van der Waals surface area contributed by atoms with Crippen molar-refractivity contribution in [3.8, 4) is 0 Å². The molecule has 1 aromatic heterocycles. The molecule has 2 aliphatic rings. The molecule has 2 saturated heterocycles. The number of rotatable bonds is 5. The smallest absolute Gasteiger partial charge is 0.330 e. The number of aromatic amines is 1. The molecule has 9 nitrogen and oxygen atoms in total. The van der Waals surface area contributed by atoms with Crippen molar-refractivity contribution < 1.29 is 23.4 Å². The van der Waals surface area contributed by atoms with Crippen LogP contribution in [0.5, 0.6) is 0 Å². The van der Waals surface area contributed by atoms with Gasteiger partial charge in [0.05, 0.1) is 12.2 Å². The zero-order valence-electron chi connectivity index (χ0n) is 19.1. The Morgan fingerprint density at radius 2 is 1.97 bits per heavy atom. The summed E-state index contributed by atoms with van der Waals surface area (Å²) >= 11 is 5.31. The van der Waals surface area contributed by atoms with Gasteiger partial charge in [0.2, 0.25) is 0 Å². The van der Waals surface area contributed by atoms with Crippen LogP contribution in [0.4, 0.5) is 0 Å². The summed E-state index contributed by atoms with van der Waals surface area (Å²) < 4.78 is 25.5. The first-order chi connectivity index (χ1) is 14.0. The van der Waals surface area contributed by atoms with E-state index in [4.69, 9.17) is 30.3 Å². The molecule has 31 heavy (non-hydrogen) atoms. The van der Waals surface area contributed by atoms with Gasteiger partial charge in [-0.25, -0.2) is 4.79 Å². The van der Waals surface area contributed by atoms with E-state index in [1.165, 1.54) is 10.8 Å². The van der Waals surface area contributed by atoms with Crippen molar-refractivity contribution in [2.75, 3.05) is 6.61 Å². The minimum Gasteiger partial charge on any atom is -0.371 e. The molecule has 0 spiro atoms. The summed E-state index contributed by atoms with van der Waals surface area (Å²) in [7, 11) is 0. The zero-order chi connectivity index (χ0) is 23.4. The summed E-state index contributed by atoms with van der Waals surface area (Å²) in [5, 5.41) is 0. The van der Waals surface area contributed by atoms with Gasteiger partial charge in [0.15, 0.2) is 6.23 Å². The fourth-order valence-corrected chi connectivity index (χ4v) is 6.63. The lowest BCUT2D eigenvalue weighted by Crippen LogP contribution is -2.52. The van der Waals surface area contributed by atoms with Crippen LogP contribution >= 0.6 is 6.72 Å². The summed E-state index contributed by atoms with van der Waals surface area (Å²) in [4.78, 5) is 37.6. The predicted molar refractivity (Wildman–Crippen MR) is 120 cm³/mol. The van der Waals surface area contributed by atoms with Crippen molar-refractivity contribution in [2.45, 2.75) is 90.9 Å². The molecular formula is C20H33N2O7PS. The van der Waals surface area contributed by atoms with E-state index >= 15 is 0 Å². The number of hydrogen-bond donors (Lipinski definition) is 2. The molecule has 0 aromatic carbocycles. The maximum Gasteiger partial charge on any atom is 0.330 e. The van der Waals surface area contributed by atoms with Crippen LogP contribution in [0.3, 0.4) is 0 Å². The van der Waals surface area contributed by atoms with Crippen LogP contribution in [0.25, 0.3) is 0 Å². The van der Waals surface area contributed by atoms with Gasteiger partial charge in [0.1, 0.15) is 17.8 Å². The molecule has 0 amide bonds. The molecule has 2 N–H and O–H groups in total. The van der Waals surface area contributed by atoms with Crippen LogP contribution in [0.1, 0.15) is 66.2 Å². The van der Waals surface area contributed by atoms with E-state index in [2.05, 4.69) is 25.8 Å². The van der Waals surface area contributed by atoms with Gasteiger partial charge in [-0.3, -0.25) is 18.9 Å². The molecule has 2 fully saturated rings. The minimum absolute atomic E-state index is 0.146. The molecule has 176 valence electrons. The first-order valence-electron chi connectivity index (χ1n) is 10.4. The van der Waals surface area contributed by atoms with Crippen LogP contribution < -0.4 is 11.2 Å². The average molecular weight is 477 g/mol. The number of nitrogens with zero attached hydrogens (tertiary/aromatic N) is 1. The summed E-state index contributed by atoms with van der Waals surface area (Å²) in [6.45, 7) is 9.97.